The lowest BCUT2D eigenvalue weighted by Crippen LogP contribution is -2.45. The Kier molecular flexibility index (Phi) is 5.00. The van der Waals surface area contributed by atoms with Crippen LogP contribution >= 0.6 is 0 Å². The Morgan fingerprint density at radius 2 is 1.69 bits per heavy atom. The van der Waals surface area contributed by atoms with Gasteiger partial charge in [-0.15, -0.1) is 0 Å². The third kappa shape index (κ3) is 3.64. The number of benzene rings is 2. The molecule has 0 spiro atoms. The molecule has 0 N–H and O–H groups in total. The molecular formula is C21H26N2O3. The van der Waals surface area contributed by atoms with Crippen molar-refractivity contribution in [1.82, 2.24) is 9.80 Å². The molecule has 2 aliphatic rings. The highest BCUT2D eigenvalue weighted by Gasteiger charge is 2.22. The van der Waals surface area contributed by atoms with Crippen LogP contribution in [0.25, 0.3) is 0 Å². The van der Waals surface area contributed by atoms with Crippen LogP contribution in [0.3, 0.4) is 0 Å². The van der Waals surface area contributed by atoms with E-state index in [0.717, 1.165) is 56.5 Å². The fourth-order valence-corrected chi connectivity index (χ4v) is 3.67. The van der Waals surface area contributed by atoms with E-state index in [-0.39, 0.29) is 6.79 Å². The maximum Gasteiger partial charge on any atom is 0.231 e. The normalized spacial score (nSPS) is 17.5. The molecule has 0 saturated carbocycles. The zero-order valence-corrected chi connectivity index (χ0v) is 15.5. The van der Waals surface area contributed by atoms with Crippen molar-refractivity contribution in [3.8, 4) is 17.2 Å². The minimum atomic E-state index is 0.271. The fraction of sp³-hybridized carbons (Fsp3) is 0.429. The average Bonchev–Trinajstić information content (AvgIpc) is 3.13. The van der Waals surface area contributed by atoms with Gasteiger partial charge in [-0.05, 0) is 35.7 Å². The summed E-state index contributed by atoms with van der Waals surface area (Å²) in [7, 11) is 1.67. The summed E-state index contributed by atoms with van der Waals surface area (Å²) in [4.78, 5) is 5.03. The number of fused-ring (bicyclic) bond motifs is 1. The van der Waals surface area contributed by atoms with Crippen LogP contribution in [0.5, 0.6) is 17.2 Å². The van der Waals surface area contributed by atoms with Crippen molar-refractivity contribution in [1.29, 1.82) is 0 Å². The molecule has 4 rings (SSSR count). The summed E-state index contributed by atoms with van der Waals surface area (Å²) < 4.78 is 16.5. The number of nitrogens with zero attached hydrogens (tertiary/aromatic N) is 2. The van der Waals surface area contributed by atoms with Crippen LogP contribution < -0.4 is 14.2 Å². The highest BCUT2D eigenvalue weighted by atomic mass is 16.7. The van der Waals surface area contributed by atoms with Crippen LogP contribution in [0.1, 0.15) is 16.7 Å². The summed E-state index contributed by atoms with van der Waals surface area (Å²) in [6.07, 6.45) is 0. The van der Waals surface area contributed by atoms with E-state index in [9.17, 15) is 0 Å². The molecule has 0 atom stereocenters. The van der Waals surface area contributed by atoms with E-state index >= 15 is 0 Å². The van der Waals surface area contributed by atoms with Crippen molar-refractivity contribution in [2.45, 2.75) is 20.0 Å². The van der Waals surface area contributed by atoms with Gasteiger partial charge in [0.05, 0.1) is 7.11 Å². The highest BCUT2D eigenvalue weighted by Crippen LogP contribution is 2.42. The predicted octanol–water partition coefficient (Wildman–Crippen LogP) is 3.05. The largest absolute Gasteiger partial charge is 0.493 e. The van der Waals surface area contributed by atoms with Crippen molar-refractivity contribution in [2.24, 2.45) is 0 Å². The first-order valence-corrected chi connectivity index (χ1v) is 9.18. The van der Waals surface area contributed by atoms with Gasteiger partial charge in [0.2, 0.25) is 12.5 Å². The van der Waals surface area contributed by atoms with E-state index in [1.165, 1.54) is 16.7 Å². The number of rotatable bonds is 5. The highest BCUT2D eigenvalue weighted by molar-refractivity contribution is 5.55. The lowest BCUT2D eigenvalue weighted by Gasteiger charge is -2.35. The number of aryl methyl sites for hydroxylation is 1. The maximum absolute atomic E-state index is 5.54. The van der Waals surface area contributed by atoms with Gasteiger partial charge in [-0.1, -0.05) is 24.3 Å². The van der Waals surface area contributed by atoms with Gasteiger partial charge in [-0.25, -0.2) is 0 Å². The zero-order valence-electron chi connectivity index (χ0n) is 15.5. The number of methoxy groups -OCH3 is 1. The number of ether oxygens (including phenoxy) is 3. The number of piperazine rings is 1. The molecule has 1 fully saturated rings. The SMILES string of the molecule is COc1cc(CN2CCN(Cc3ccccc3C)CC2)cc2c1OCO2. The Balaban J connectivity index is 1.35. The first kappa shape index (κ1) is 17.2. The molecule has 26 heavy (non-hydrogen) atoms. The van der Waals surface area contributed by atoms with E-state index in [1.807, 2.05) is 0 Å². The number of hydrogen-bond donors (Lipinski definition) is 0. The summed E-state index contributed by atoms with van der Waals surface area (Å²) in [5.41, 5.74) is 4.02. The lowest BCUT2D eigenvalue weighted by atomic mass is 10.1. The molecule has 0 aromatic heterocycles. The van der Waals surface area contributed by atoms with Crippen molar-refractivity contribution >= 4 is 0 Å². The van der Waals surface area contributed by atoms with E-state index in [1.54, 1.807) is 7.11 Å². The van der Waals surface area contributed by atoms with Gasteiger partial charge in [0, 0.05) is 39.3 Å². The zero-order chi connectivity index (χ0) is 17.9. The van der Waals surface area contributed by atoms with Crippen LogP contribution in [0.4, 0.5) is 0 Å². The quantitative estimate of drug-likeness (QED) is 0.824. The van der Waals surface area contributed by atoms with E-state index in [0.29, 0.717) is 0 Å². The Morgan fingerprint density at radius 3 is 2.42 bits per heavy atom. The molecule has 0 radical (unpaired) electrons. The van der Waals surface area contributed by atoms with Crippen LogP contribution in [0, 0.1) is 6.92 Å². The molecule has 0 aliphatic carbocycles. The fourth-order valence-electron chi connectivity index (χ4n) is 3.67. The van der Waals surface area contributed by atoms with Gasteiger partial charge >= 0.3 is 0 Å². The van der Waals surface area contributed by atoms with Gasteiger partial charge < -0.3 is 14.2 Å². The maximum atomic E-state index is 5.54. The summed E-state index contributed by atoms with van der Waals surface area (Å²) in [5, 5.41) is 0. The van der Waals surface area contributed by atoms with E-state index < -0.39 is 0 Å². The molecule has 2 aromatic rings. The van der Waals surface area contributed by atoms with Crippen LogP contribution in [-0.2, 0) is 13.1 Å². The second kappa shape index (κ2) is 7.56. The predicted molar refractivity (Wildman–Crippen MR) is 101 cm³/mol. The second-order valence-electron chi connectivity index (χ2n) is 7.01. The molecule has 1 saturated heterocycles. The monoisotopic (exact) mass is 354 g/mol. The van der Waals surface area contributed by atoms with Crippen LogP contribution in [0.2, 0.25) is 0 Å². The van der Waals surface area contributed by atoms with E-state index in [2.05, 4.69) is 53.1 Å². The Labute approximate surface area is 155 Å². The number of hydrogen-bond acceptors (Lipinski definition) is 5. The van der Waals surface area contributed by atoms with E-state index in [4.69, 9.17) is 14.2 Å². The van der Waals surface area contributed by atoms with Crippen LogP contribution in [0.15, 0.2) is 36.4 Å². The topological polar surface area (TPSA) is 34.2 Å². The Bertz CT molecular complexity index is 770. The van der Waals surface area contributed by atoms with Gasteiger partial charge in [0.15, 0.2) is 11.5 Å². The molecule has 0 unspecified atom stereocenters. The lowest BCUT2D eigenvalue weighted by molar-refractivity contribution is 0.121. The van der Waals surface area contributed by atoms with Gasteiger partial charge in [-0.2, -0.15) is 0 Å². The molecule has 5 nitrogen and oxygen atoms in total. The van der Waals surface area contributed by atoms with Crippen molar-refractivity contribution in [2.75, 3.05) is 40.1 Å². The van der Waals surface area contributed by atoms with Gasteiger partial charge in [-0.3, -0.25) is 9.80 Å². The summed E-state index contributed by atoms with van der Waals surface area (Å²) in [5.74, 6) is 2.27. The minimum absolute atomic E-state index is 0.271. The molecular weight excluding hydrogens is 328 g/mol. The molecule has 2 aliphatic heterocycles. The Hall–Kier alpha value is -2.24. The molecule has 2 aromatic carbocycles. The second-order valence-corrected chi connectivity index (χ2v) is 7.01. The van der Waals surface area contributed by atoms with Crippen molar-refractivity contribution in [3.05, 3.63) is 53.1 Å². The third-order valence-corrected chi connectivity index (χ3v) is 5.24. The summed E-state index contributed by atoms with van der Waals surface area (Å²) in [6.45, 7) is 8.74. The molecule has 138 valence electrons. The van der Waals surface area contributed by atoms with Crippen LogP contribution in [-0.4, -0.2) is 49.9 Å². The molecule has 0 amide bonds. The molecule has 5 heteroatoms. The molecule has 2 heterocycles. The first-order valence-electron chi connectivity index (χ1n) is 9.18. The first-order chi connectivity index (χ1) is 12.7. The van der Waals surface area contributed by atoms with Crippen molar-refractivity contribution < 1.29 is 14.2 Å². The van der Waals surface area contributed by atoms with Gasteiger partial charge in [0.1, 0.15) is 0 Å². The Morgan fingerprint density at radius 1 is 0.962 bits per heavy atom. The smallest absolute Gasteiger partial charge is 0.231 e. The minimum Gasteiger partial charge on any atom is -0.493 e. The molecule has 0 bridgehead atoms. The standard InChI is InChI=1S/C21H26N2O3/c1-16-5-3-4-6-18(16)14-23-9-7-22(8-10-23)13-17-11-19(24-2)21-20(12-17)25-15-26-21/h3-6,11-12H,7-10,13-15H2,1-2H3. The summed E-state index contributed by atoms with van der Waals surface area (Å²) in [6, 6.07) is 12.8. The average molecular weight is 354 g/mol. The van der Waals surface area contributed by atoms with Crippen molar-refractivity contribution in [3.63, 3.8) is 0 Å². The van der Waals surface area contributed by atoms with Gasteiger partial charge in [0.25, 0.3) is 0 Å². The summed E-state index contributed by atoms with van der Waals surface area (Å²) >= 11 is 0. The third-order valence-electron chi connectivity index (χ3n) is 5.24.